The van der Waals surface area contributed by atoms with Crippen molar-refractivity contribution in [3.05, 3.63) is 23.8 Å². The van der Waals surface area contributed by atoms with Crippen LogP contribution >= 0.6 is 12.4 Å². The van der Waals surface area contributed by atoms with E-state index in [1.807, 2.05) is 0 Å². The van der Waals surface area contributed by atoms with Crippen molar-refractivity contribution in [2.24, 2.45) is 5.73 Å². The van der Waals surface area contributed by atoms with E-state index in [1.54, 1.807) is 0 Å². The summed E-state index contributed by atoms with van der Waals surface area (Å²) >= 11 is 0. The van der Waals surface area contributed by atoms with Gasteiger partial charge in [-0.1, -0.05) is 12.8 Å². The molecule has 0 aliphatic carbocycles. The van der Waals surface area contributed by atoms with Gasteiger partial charge in [0.05, 0.1) is 12.8 Å². The third kappa shape index (κ3) is 6.73. The zero-order valence-electron chi connectivity index (χ0n) is 12.0. The molecule has 4 nitrogen and oxygen atoms in total. The van der Waals surface area contributed by atoms with Crippen LogP contribution in [0.15, 0.2) is 12.1 Å². The predicted octanol–water partition coefficient (Wildman–Crippen LogP) is 3.24. The monoisotopic (exact) mass is 322 g/mol. The molecule has 3 N–H and O–H groups in total. The number of nitrogens with one attached hydrogen (secondary N) is 1. The maximum Gasteiger partial charge on any atom is 0.224 e. The van der Waals surface area contributed by atoms with Gasteiger partial charge in [0.15, 0.2) is 17.4 Å². The molecule has 0 fully saturated rings. The second-order valence-corrected chi connectivity index (χ2v) is 4.47. The molecular weight excluding hydrogens is 302 g/mol. The maximum atomic E-state index is 13.6. The van der Waals surface area contributed by atoms with Crippen molar-refractivity contribution in [1.82, 2.24) is 0 Å². The normalized spacial score (nSPS) is 9.90. The molecule has 1 amide bonds. The SMILES string of the molecule is COc1cc(F)c(NC(=O)CCCCCCN)cc1F.Cl. The molecule has 0 aliphatic rings. The van der Waals surface area contributed by atoms with E-state index in [9.17, 15) is 13.6 Å². The van der Waals surface area contributed by atoms with Crippen molar-refractivity contribution < 1.29 is 18.3 Å². The van der Waals surface area contributed by atoms with E-state index in [4.69, 9.17) is 5.73 Å². The van der Waals surface area contributed by atoms with Gasteiger partial charge in [-0.25, -0.2) is 8.78 Å². The number of benzene rings is 1. The Kier molecular flexibility index (Phi) is 9.65. The molecule has 0 radical (unpaired) electrons. The molecule has 0 atom stereocenters. The Morgan fingerprint density at radius 1 is 1.19 bits per heavy atom. The van der Waals surface area contributed by atoms with Gasteiger partial charge in [-0.15, -0.1) is 12.4 Å². The number of carbonyl (C=O) groups excluding carboxylic acids is 1. The lowest BCUT2D eigenvalue weighted by Gasteiger charge is -2.09. The average molecular weight is 323 g/mol. The number of halogens is 3. The van der Waals surface area contributed by atoms with Gasteiger partial charge in [0.1, 0.15) is 0 Å². The van der Waals surface area contributed by atoms with Gasteiger partial charge >= 0.3 is 0 Å². The van der Waals surface area contributed by atoms with Crippen LogP contribution in [-0.4, -0.2) is 19.6 Å². The van der Waals surface area contributed by atoms with Crippen molar-refractivity contribution in [2.45, 2.75) is 32.1 Å². The zero-order valence-corrected chi connectivity index (χ0v) is 12.8. The molecule has 0 bridgehead atoms. The molecule has 1 aromatic carbocycles. The molecule has 21 heavy (non-hydrogen) atoms. The summed E-state index contributed by atoms with van der Waals surface area (Å²) in [6, 6.07) is 1.83. The fourth-order valence-electron chi connectivity index (χ4n) is 1.78. The number of amides is 1. The Hall–Kier alpha value is -1.40. The molecule has 0 aliphatic heterocycles. The third-order valence-electron chi connectivity index (χ3n) is 2.87. The molecule has 0 saturated carbocycles. The summed E-state index contributed by atoms with van der Waals surface area (Å²) in [4.78, 5) is 11.6. The van der Waals surface area contributed by atoms with Crippen molar-refractivity contribution in [2.75, 3.05) is 19.0 Å². The first kappa shape index (κ1) is 19.6. The van der Waals surface area contributed by atoms with Crippen molar-refractivity contribution >= 4 is 24.0 Å². The summed E-state index contributed by atoms with van der Waals surface area (Å²) in [6.07, 6.45) is 3.77. The van der Waals surface area contributed by atoms with Crippen LogP contribution in [0.5, 0.6) is 5.75 Å². The fraction of sp³-hybridized carbons (Fsp3) is 0.500. The summed E-state index contributed by atoms with van der Waals surface area (Å²) in [5.41, 5.74) is 5.19. The minimum Gasteiger partial charge on any atom is -0.494 e. The molecule has 0 unspecified atom stereocenters. The molecule has 0 spiro atoms. The van der Waals surface area contributed by atoms with Crippen molar-refractivity contribution in [1.29, 1.82) is 0 Å². The van der Waals surface area contributed by atoms with Crippen LogP contribution in [0.3, 0.4) is 0 Å². The summed E-state index contributed by atoms with van der Waals surface area (Å²) in [6.45, 7) is 0.641. The number of hydrogen-bond acceptors (Lipinski definition) is 3. The number of hydrogen-bond donors (Lipinski definition) is 2. The highest BCUT2D eigenvalue weighted by atomic mass is 35.5. The van der Waals surface area contributed by atoms with Crippen LogP contribution in [0.2, 0.25) is 0 Å². The fourth-order valence-corrected chi connectivity index (χ4v) is 1.78. The molecule has 1 rings (SSSR count). The summed E-state index contributed by atoms with van der Waals surface area (Å²) in [7, 11) is 1.25. The van der Waals surface area contributed by atoms with Crippen LogP contribution in [0.4, 0.5) is 14.5 Å². The molecule has 0 aromatic heterocycles. The number of nitrogens with two attached hydrogens (primary N) is 1. The van der Waals surface area contributed by atoms with Gasteiger partial charge in [-0.3, -0.25) is 4.79 Å². The molecule has 0 saturated heterocycles. The number of anilines is 1. The lowest BCUT2D eigenvalue weighted by molar-refractivity contribution is -0.116. The number of methoxy groups -OCH3 is 1. The van der Waals surface area contributed by atoms with Gasteiger partial charge in [0.25, 0.3) is 0 Å². The standard InChI is InChI=1S/C14H20F2N2O2.ClH/c1-20-13-9-10(15)12(8-11(13)16)18-14(19)6-4-2-3-5-7-17;/h8-9H,2-7,17H2,1H3,(H,18,19);1H. The molecule has 120 valence electrons. The maximum absolute atomic E-state index is 13.6. The minimum absolute atomic E-state index is 0. The minimum atomic E-state index is -0.722. The highest BCUT2D eigenvalue weighted by molar-refractivity contribution is 5.90. The zero-order chi connectivity index (χ0) is 15.0. The highest BCUT2D eigenvalue weighted by Gasteiger charge is 2.12. The highest BCUT2D eigenvalue weighted by Crippen LogP contribution is 2.24. The van der Waals surface area contributed by atoms with Crippen molar-refractivity contribution in [3.8, 4) is 5.75 Å². The van der Waals surface area contributed by atoms with Gasteiger partial charge in [-0.2, -0.15) is 0 Å². The summed E-state index contributed by atoms with van der Waals surface area (Å²) < 4.78 is 31.7. The van der Waals surface area contributed by atoms with E-state index in [-0.39, 0.29) is 36.2 Å². The number of unbranched alkanes of at least 4 members (excludes halogenated alkanes) is 3. The summed E-state index contributed by atoms with van der Waals surface area (Å²) in [5, 5.41) is 2.36. The van der Waals surface area contributed by atoms with Gasteiger partial charge in [0, 0.05) is 18.6 Å². The van der Waals surface area contributed by atoms with E-state index in [0.717, 1.165) is 31.4 Å². The summed E-state index contributed by atoms with van der Waals surface area (Å²) in [5.74, 6) is -1.96. The Morgan fingerprint density at radius 2 is 1.86 bits per heavy atom. The van der Waals surface area contributed by atoms with E-state index in [1.165, 1.54) is 7.11 Å². The van der Waals surface area contributed by atoms with E-state index in [0.29, 0.717) is 13.0 Å². The molecular formula is C14H21ClF2N2O2. The second-order valence-electron chi connectivity index (χ2n) is 4.47. The third-order valence-corrected chi connectivity index (χ3v) is 2.87. The Balaban J connectivity index is 0.00000400. The Bertz CT molecular complexity index is 459. The first-order chi connectivity index (χ1) is 9.58. The van der Waals surface area contributed by atoms with Gasteiger partial charge in [0.2, 0.25) is 5.91 Å². The quantitative estimate of drug-likeness (QED) is 0.722. The number of carbonyl (C=O) groups is 1. The van der Waals surface area contributed by atoms with Crippen molar-refractivity contribution in [3.63, 3.8) is 0 Å². The smallest absolute Gasteiger partial charge is 0.224 e. The first-order valence-corrected chi connectivity index (χ1v) is 6.61. The Morgan fingerprint density at radius 3 is 2.48 bits per heavy atom. The largest absolute Gasteiger partial charge is 0.494 e. The number of rotatable bonds is 8. The number of ether oxygens (including phenoxy) is 1. The van der Waals surface area contributed by atoms with Crippen LogP contribution < -0.4 is 15.8 Å². The average Bonchev–Trinajstić information content (AvgIpc) is 2.42. The van der Waals surface area contributed by atoms with E-state index >= 15 is 0 Å². The van der Waals surface area contributed by atoms with E-state index < -0.39 is 11.6 Å². The Labute approximate surface area is 129 Å². The first-order valence-electron chi connectivity index (χ1n) is 6.61. The van der Waals surface area contributed by atoms with Gasteiger partial charge < -0.3 is 15.8 Å². The lowest BCUT2D eigenvalue weighted by Crippen LogP contribution is -2.12. The molecule has 7 heteroatoms. The van der Waals surface area contributed by atoms with Gasteiger partial charge in [-0.05, 0) is 19.4 Å². The predicted molar refractivity (Wildman–Crippen MR) is 80.9 cm³/mol. The topological polar surface area (TPSA) is 64.3 Å². The van der Waals surface area contributed by atoms with Crippen LogP contribution in [0, 0.1) is 11.6 Å². The van der Waals surface area contributed by atoms with Crippen LogP contribution in [0.25, 0.3) is 0 Å². The van der Waals surface area contributed by atoms with E-state index in [2.05, 4.69) is 10.1 Å². The van der Waals surface area contributed by atoms with Crippen LogP contribution in [-0.2, 0) is 4.79 Å². The molecule has 0 heterocycles. The lowest BCUT2D eigenvalue weighted by atomic mass is 10.1. The molecule has 1 aromatic rings. The second kappa shape index (κ2) is 10.3. The van der Waals surface area contributed by atoms with Crippen LogP contribution in [0.1, 0.15) is 32.1 Å².